The van der Waals surface area contributed by atoms with Crippen LogP contribution in [0.5, 0.6) is 11.5 Å². The molecule has 0 radical (unpaired) electrons. The molecule has 7 heteroatoms. The van der Waals surface area contributed by atoms with Gasteiger partial charge in [0.15, 0.2) is 11.5 Å². The number of carboxylic acids is 1. The summed E-state index contributed by atoms with van der Waals surface area (Å²) in [6.45, 7) is 1.82. The summed E-state index contributed by atoms with van der Waals surface area (Å²) in [5, 5.41) is 13.9. The van der Waals surface area contributed by atoms with Gasteiger partial charge in [0.2, 0.25) is 0 Å². The number of rotatable bonds is 9. The van der Waals surface area contributed by atoms with Crippen molar-refractivity contribution in [2.75, 3.05) is 7.11 Å². The average molecular weight is 446 g/mol. The summed E-state index contributed by atoms with van der Waals surface area (Å²) in [6.07, 6.45) is 0. The lowest BCUT2D eigenvalue weighted by molar-refractivity contribution is -0.686. The third-order valence-electron chi connectivity index (χ3n) is 4.56. The quantitative estimate of drug-likeness (QED) is 0.548. The first-order valence-electron chi connectivity index (χ1n) is 9.32. The normalized spacial score (nSPS) is 10.6. The summed E-state index contributed by atoms with van der Waals surface area (Å²) < 4.78 is 11.3. The van der Waals surface area contributed by atoms with Crippen LogP contribution in [0.15, 0.2) is 60.7 Å². The molecular formula is C23H21Cl2NO4. The minimum atomic E-state index is -1.17. The summed E-state index contributed by atoms with van der Waals surface area (Å²) in [6, 6.07) is 17.9. The summed E-state index contributed by atoms with van der Waals surface area (Å²) in [5.41, 5.74) is 3.21. The summed E-state index contributed by atoms with van der Waals surface area (Å²) in [4.78, 5) is 10.8. The number of carbonyl (C=O) groups excluding carboxylic acids is 1. The molecule has 3 aromatic rings. The fourth-order valence-electron chi connectivity index (χ4n) is 2.93. The Morgan fingerprint density at radius 3 is 2.20 bits per heavy atom. The van der Waals surface area contributed by atoms with E-state index in [1.807, 2.05) is 24.3 Å². The van der Waals surface area contributed by atoms with Gasteiger partial charge in [-0.05, 0) is 41.5 Å². The van der Waals surface area contributed by atoms with Gasteiger partial charge in [-0.15, -0.1) is 0 Å². The van der Waals surface area contributed by atoms with Crippen molar-refractivity contribution in [2.24, 2.45) is 0 Å². The van der Waals surface area contributed by atoms with Crippen molar-refractivity contribution in [3.8, 4) is 11.5 Å². The second kappa shape index (κ2) is 10.3. The molecule has 0 unspecified atom stereocenters. The molecular weight excluding hydrogens is 425 g/mol. The highest BCUT2D eigenvalue weighted by molar-refractivity contribution is 6.42. The van der Waals surface area contributed by atoms with Crippen LogP contribution in [-0.4, -0.2) is 13.1 Å². The fraction of sp³-hybridized carbons (Fsp3) is 0.174. The van der Waals surface area contributed by atoms with Gasteiger partial charge in [0.25, 0.3) is 0 Å². The molecule has 0 fully saturated rings. The highest BCUT2D eigenvalue weighted by atomic mass is 35.5. The maximum atomic E-state index is 10.8. The molecule has 0 saturated carbocycles. The number of carbonyl (C=O) groups is 1. The van der Waals surface area contributed by atoms with Gasteiger partial charge >= 0.3 is 0 Å². The minimum Gasteiger partial charge on any atom is -0.545 e. The van der Waals surface area contributed by atoms with Crippen molar-refractivity contribution >= 4 is 29.2 Å². The maximum absolute atomic E-state index is 10.8. The van der Waals surface area contributed by atoms with Gasteiger partial charge < -0.3 is 24.7 Å². The average Bonchev–Trinajstić information content (AvgIpc) is 2.75. The maximum Gasteiger partial charge on any atom is 0.161 e. The number of hydrogen-bond donors (Lipinski definition) is 1. The number of aromatic carboxylic acids is 1. The molecule has 2 N–H and O–H groups in total. The summed E-state index contributed by atoms with van der Waals surface area (Å²) >= 11 is 12.0. The topological polar surface area (TPSA) is 75.2 Å². The highest BCUT2D eigenvalue weighted by Gasteiger charge is 2.08. The highest BCUT2D eigenvalue weighted by Crippen LogP contribution is 2.29. The Hall–Kier alpha value is -2.73. The van der Waals surface area contributed by atoms with E-state index in [2.05, 4.69) is 5.32 Å². The fourth-order valence-corrected chi connectivity index (χ4v) is 3.25. The smallest absolute Gasteiger partial charge is 0.161 e. The van der Waals surface area contributed by atoms with Gasteiger partial charge in [0.1, 0.15) is 19.7 Å². The van der Waals surface area contributed by atoms with Crippen LogP contribution >= 0.6 is 23.2 Å². The summed E-state index contributed by atoms with van der Waals surface area (Å²) in [5.74, 6) is 0.128. The van der Waals surface area contributed by atoms with Crippen molar-refractivity contribution in [2.45, 2.75) is 19.7 Å². The minimum absolute atomic E-state index is 0.181. The molecule has 0 aliphatic carbocycles. The molecule has 0 bridgehead atoms. The van der Waals surface area contributed by atoms with E-state index < -0.39 is 5.97 Å². The molecule has 0 amide bonds. The molecule has 0 saturated heterocycles. The van der Waals surface area contributed by atoms with Crippen molar-refractivity contribution in [1.82, 2.24) is 0 Å². The number of methoxy groups -OCH3 is 1. The predicted octanol–water partition coefficient (Wildman–Crippen LogP) is 3.21. The van der Waals surface area contributed by atoms with Crippen LogP contribution < -0.4 is 19.9 Å². The van der Waals surface area contributed by atoms with Gasteiger partial charge in [-0.2, -0.15) is 0 Å². The van der Waals surface area contributed by atoms with E-state index in [1.54, 1.807) is 43.5 Å². The first-order chi connectivity index (χ1) is 14.5. The third-order valence-corrected chi connectivity index (χ3v) is 5.30. The van der Waals surface area contributed by atoms with Crippen LogP contribution in [0.4, 0.5) is 0 Å². The van der Waals surface area contributed by atoms with Crippen molar-refractivity contribution < 1.29 is 24.7 Å². The number of benzene rings is 3. The van der Waals surface area contributed by atoms with Gasteiger partial charge in [-0.1, -0.05) is 53.5 Å². The number of nitrogens with two attached hydrogens (primary N) is 1. The monoisotopic (exact) mass is 445 g/mol. The van der Waals surface area contributed by atoms with Crippen LogP contribution in [-0.2, 0) is 19.7 Å². The van der Waals surface area contributed by atoms with Crippen LogP contribution in [0.1, 0.15) is 27.0 Å². The van der Waals surface area contributed by atoms with E-state index in [-0.39, 0.29) is 5.56 Å². The Morgan fingerprint density at radius 1 is 0.867 bits per heavy atom. The van der Waals surface area contributed by atoms with Crippen molar-refractivity contribution in [3.05, 3.63) is 93.0 Å². The van der Waals surface area contributed by atoms with Crippen molar-refractivity contribution in [3.63, 3.8) is 0 Å². The van der Waals surface area contributed by atoms with E-state index in [1.165, 1.54) is 0 Å². The number of halogens is 2. The Morgan fingerprint density at radius 2 is 1.53 bits per heavy atom. The first-order valence-corrected chi connectivity index (χ1v) is 10.1. The molecule has 30 heavy (non-hydrogen) atoms. The zero-order valence-corrected chi connectivity index (χ0v) is 17.9. The van der Waals surface area contributed by atoms with Gasteiger partial charge in [-0.3, -0.25) is 0 Å². The molecule has 0 aliphatic heterocycles. The van der Waals surface area contributed by atoms with E-state index >= 15 is 0 Å². The molecule has 0 atom stereocenters. The Kier molecular flexibility index (Phi) is 7.57. The van der Waals surface area contributed by atoms with Gasteiger partial charge in [0, 0.05) is 11.1 Å². The molecule has 0 spiro atoms. The Labute approximate surface area is 185 Å². The molecule has 5 nitrogen and oxygen atoms in total. The van der Waals surface area contributed by atoms with E-state index in [0.29, 0.717) is 28.2 Å². The molecule has 0 heterocycles. The summed E-state index contributed by atoms with van der Waals surface area (Å²) in [7, 11) is 1.60. The predicted molar refractivity (Wildman–Crippen MR) is 114 cm³/mol. The molecule has 156 valence electrons. The third kappa shape index (κ3) is 5.89. The standard InChI is InChI=1S/C23H21Cl2NO4/c1-29-22-11-16(13-26-12-15-2-6-18(7-3-15)23(27)28)5-9-21(22)30-14-17-4-8-19(24)20(25)10-17/h2-11,26H,12-14H2,1H3,(H,27,28). The SMILES string of the molecule is COc1cc(C[NH2+]Cc2ccc(C(=O)[O-])cc2)ccc1OCc1ccc(Cl)c(Cl)c1. The lowest BCUT2D eigenvalue weighted by Gasteiger charge is -2.12. The zero-order valence-electron chi connectivity index (χ0n) is 16.4. The Bertz CT molecular complexity index is 1020. The zero-order chi connectivity index (χ0) is 21.5. The van der Waals surface area contributed by atoms with E-state index in [9.17, 15) is 9.90 Å². The van der Waals surface area contributed by atoms with Crippen LogP contribution in [0.25, 0.3) is 0 Å². The molecule has 3 rings (SSSR count). The van der Waals surface area contributed by atoms with Gasteiger partial charge in [-0.25, -0.2) is 0 Å². The number of carboxylic acid groups (broad SMARTS) is 1. The number of ether oxygens (including phenoxy) is 2. The first kappa shape index (κ1) is 22.0. The van der Waals surface area contributed by atoms with Gasteiger partial charge in [0.05, 0.1) is 23.1 Å². The molecule has 0 aromatic heterocycles. The molecule has 0 aliphatic rings. The van der Waals surface area contributed by atoms with Crippen LogP contribution in [0, 0.1) is 0 Å². The van der Waals surface area contributed by atoms with Crippen LogP contribution in [0.2, 0.25) is 10.0 Å². The second-order valence-corrected chi connectivity index (χ2v) is 7.52. The van der Waals surface area contributed by atoms with E-state index in [4.69, 9.17) is 32.7 Å². The van der Waals surface area contributed by atoms with Crippen LogP contribution in [0.3, 0.4) is 0 Å². The lowest BCUT2D eigenvalue weighted by atomic mass is 10.1. The second-order valence-electron chi connectivity index (χ2n) is 6.70. The van der Waals surface area contributed by atoms with Crippen molar-refractivity contribution in [1.29, 1.82) is 0 Å². The number of quaternary nitrogens is 1. The molecule has 3 aromatic carbocycles. The number of hydrogen-bond acceptors (Lipinski definition) is 4. The largest absolute Gasteiger partial charge is 0.545 e. The Balaban J connectivity index is 1.56. The lowest BCUT2D eigenvalue weighted by Crippen LogP contribution is -2.80. The van der Waals surface area contributed by atoms with E-state index in [0.717, 1.165) is 29.8 Å².